The molecular formula is C31H39N3O5S. The molecule has 0 fully saturated rings. The zero-order chi connectivity index (χ0) is 29.3. The number of nitrogens with zero attached hydrogens (tertiary/aromatic N) is 2. The summed E-state index contributed by atoms with van der Waals surface area (Å²) in [5.41, 5.74) is 2.13. The largest absolute Gasteiger partial charge is 0.494 e. The standard InChI is InChI=1S/C31H39N3O5S/c1-6-39-28-16-18-29(19-17-28)40(37,38)34(27-14-12-24(4)13-15-27)22-30(35)33(21-26-10-8-7-9-11-26)25(5)31(36)32-20-23(2)3/h7-19,23,25H,6,20-22H2,1-5H3,(H,32,36)/t25-/m0/s1. The number of amides is 2. The van der Waals surface area contributed by atoms with E-state index in [1.165, 1.54) is 17.0 Å². The molecule has 3 rings (SSSR count). The third-order valence-electron chi connectivity index (χ3n) is 6.37. The average Bonchev–Trinajstić information content (AvgIpc) is 2.94. The Morgan fingerprint density at radius 2 is 1.52 bits per heavy atom. The molecule has 214 valence electrons. The second kappa shape index (κ2) is 14.0. The topological polar surface area (TPSA) is 96.0 Å². The molecule has 1 atom stereocenters. The van der Waals surface area contributed by atoms with Crippen molar-refractivity contribution in [1.29, 1.82) is 0 Å². The fourth-order valence-electron chi connectivity index (χ4n) is 4.06. The van der Waals surface area contributed by atoms with E-state index >= 15 is 0 Å². The summed E-state index contributed by atoms with van der Waals surface area (Å²) in [6.07, 6.45) is 0. The number of sulfonamides is 1. The number of carbonyl (C=O) groups excluding carboxylic acids is 2. The summed E-state index contributed by atoms with van der Waals surface area (Å²) in [4.78, 5) is 28.4. The molecule has 0 bridgehead atoms. The molecule has 40 heavy (non-hydrogen) atoms. The predicted molar refractivity (Wildman–Crippen MR) is 158 cm³/mol. The zero-order valence-electron chi connectivity index (χ0n) is 23.8. The van der Waals surface area contributed by atoms with E-state index in [2.05, 4.69) is 5.32 Å². The number of ether oxygens (including phenoxy) is 1. The Morgan fingerprint density at radius 1 is 0.900 bits per heavy atom. The van der Waals surface area contributed by atoms with Crippen LogP contribution in [0.4, 0.5) is 5.69 Å². The number of carbonyl (C=O) groups is 2. The zero-order valence-corrected chi connectivity index (χ0v) is 24.6. The van der Waals surface area contributed by atoms with Crippen LogP contribution in [-0.4, -0.2) is 50.9 Å². The number of aryl methyl sites for hydroxylation is 1. The van der Waals surface area contributed by atoms with Gasteiger partial charge in [-0.05, 0) is 68.7 Å². The van der Waals surface area contributed by atoms with Crippen LogP contribution >= 0.6 is 0 Å². The fourth-order valence-corrected chi connectivity index (χ4v) is 5.47. The Labute approximate surface area is 238 Å². The summed E-state index contributed by atoms with van der Waals surface area (Å²) in [5, 5.41) is 2.89. The molecule has 0 aliphatic heterocycles. The molecule has 0 aliphatic rings. The van der Waals surface area contributed by atoms with E-state index in [0.29, 0.717) is 24.6 Å². The normalized spacial score (nSPS) is 12.1. The van der Waals surface area contributed by atoms with E-state index in [0.717, 1.165) is 15.4 Å². The number of hydrogen-bond donors (Lipinski definition) is 1. The molecule has 9 heteroatoms. The van der Waals surface area contributed by atoms with Crippen molar-refractivity contribution in [1.82, 2.24) is 10.2 Å². The van der Waals surface area contributed by atoms with E-state index in [1.807, 2.05) is 58.0 Å². The first-order valence-corrected chi connectivity index (χ1v) is 14.9. The summed E-state index contributed by atoms with van der Waals surface area (Å²) >= 11 is 0. The average molecular weight is 566 g/mol. The van der Waals surface area contributed by atoms with Crippen LogP contribution < -0.4 is 14.4 Å². The molecule has 0 saturated heterocycles. The summed E-state index contributed by atoms with van der Waals surface area (Å²) < 4.78 is 34.4. The van der Waals surface area contributed by atoms with Gasteiger partial charge in [0, 0.05) is 13.1 Å². The van der Waals surface area contributed by atoms with Crippen LogP contribution in [0.15, 0.2) is 83.8 Å². The molecule has 3 aromatic rings. The van der Waals surface area contributed by atoms with Crippen LogP contribution in [0.1, 0.15) is 38.8 Å². The van der Waals surface area contributed by atoms with E-state index in [9.17, 15) is 18.0 Å². The predicted octanol–water partition coefficient (Wildman–Crippen LogP) is 4.78. The first-order valence-electron chi connectivity index (χ1n) is 13.5. The van der Waals surface area contributed by atoms with E-state index < -0.39 is 28.5 Å². The second-order valence-corrected chi connectivity index (χ2v) is 11.9. The van der Waals surface area contributed by atoms with Gasteiger partial charge in [0.1, 0.15) is 18.3 Å². The lowest BCUT2D eigenvalue weighted by Gasteiger charge is -2.32. The molecule has 0 saturated carbocycles. The maximum absolute atomic E-state index is 13.9. The molecule has 2 amide bonds. The molecule has 0 radical (unpaired) electrons. The van der Waals surface area contributed by atoms with Gasteiger partial charge in [0.2, 0.25) is 11.8 Å². The lowest BCUT2D eigenvalue weighted by Crippen LogP contribution is -2.51. The molecule has 3 aromatic carbocycles. The summed E-state index contributed by atoms with van der Waals surface area (Å²) in [7, 11) is -4.14. The fraction of sp³-hybridized carbons (Fsp3) is 0.355. The number of rotatable bonds is 13. The van der Waals surface area contributed by atoms with Gasteiger partial charge in [-0.3, -0.25) is 13.9 Å². The van der Waals surface area contributed by atoms with Crippen LogP contribution in [0.25, 0.3) is 0 Å². The Hall–Kier alpha value is -3.85. The summed E-state index contributed by atoms with van der Waals surface area (Å²) in [5.74, 6) is 0.000711. The highest BCUT2D eigenvalue weighted by atomic mass is 32.2. The highest BCUT2D eigenvalue weighted by molar-refractivity contribution is 7.92. The lowest BCUT2D eigenvalue weighted by molar-refractivity contribution is -0.139. The molecule has 0 unspecified atom stereocenters. The van der Waals surface area contributed by atoms with Crippen LogP contribution in [-0.2, 0) is 26.2 Å². The molecular weight excluding hydrogens is 526 g/mol. The van der Waals surface area contributed by atoms with Gasteiger partial charge in [0.25, 0.3) is 10.0 Å². The number of hydrogen-bond acceptors (Lipinski definition) is 5. The number of anilines is 1. The highest BCUT2D eigenvalue weighted by Gasteiger charge is 2.32. The maximum atomic E-state index is 13.9. The van der Waals surface area contributed by atoms with Gasteiger partial charge in [-0.2, -0.15) is 0 Å². The second-order valence-electron chi connectivity index (χ2n) is 10.1. The quantitative estimate of drug-likeness (QED) is 0.322. The van der Waals surface area contributed by atoms with Crippen molar-refractivity contribution >= 4 is 27.5 Å². The maximum Gasteiger partial charge on any atom is 0.264 e. The molecule has 0 aromatic heterocycles. The van der Waals surface area contributed by atoms with Crippen LogP contribution in [0.3, 0.4) is 0 Å². The van der Waals surface area contributed by atoms with Gasteiger partial charge in [0.05, 0.1) is 17.2 Å². The van der Waals surface area contributed by atoms with E-state index in [4.69, 9.17) is 4.74 Å². The number of nitrogens with one attached hydrogen (secondary N) is 1. The SMILES string of the molecule is CCOc1ccc(S(=O)(=O)N(CC(=O)N(Cc2ccccc2)[C@@H](C)C(=O)NCC(C)C)c2ccc(C)cc2)cc1. The van der Waals surface area contributed by atoms with Crippen molar-refractivity contribution in [2.75, 3.05) is 24.0 Å². The van der Waals surface area contributed by atoms with Crippen LogP contribution in [0.5, 0.6) is 5.75 Å². The van der Waals surface area contributed by atoms with E-state index in [-0.39, 0.29) is 23.3 Å². The minimum absolute atomic E-state index is 0.0293. The van der Waals surface area contributed by atoms with Crippen molar-refractivity contribution in [3.63, 3.8) is 0 Å². The van der Waals surface area contributed by atoms with Gasteiger partial charge < -0.3 is 15.0 Å². The van der Waals surface area contributed by atoms with Gasteiger partial charge in [-0.1, -0.05) is 61.9 Å². The first-order chi connectivity index (χ1) is 19.0. The van der Waals surface area contributed by atoms with Crippen molar-refractivity contribution in [2.24, 2.45) is 5.92 Å². The minimum atomic E-state index is -4.14. The van der Waals surface area contributed by atoms with E-state index in [1.54, 1.807) is 43.3 Å². The van der Waals surface area contributed by atoms with Gasteiger partial charge in [0.15, 0.2) is 0 Å². The van der Waals surface area contributed by atoms with Crippen molar-refractivity contribution < 1.29 is 22.7 Å². The molecule has 0 aliphatic carbocycles. The smallest absolute Gasteiger partial charge is 0.264 e. The molecule has 8 nitrogen and oxygen atoms in total. The first kappa shape index (κ1) is 30.7. The summed E-state index contributed by atoms with van der Waals surface area (Å²) in [6.45, 7) is 9.99. The van der Waals surface area contributed by atoms with Gasteiger partial charge in [-0.15, -0.1) is 0 Å². The third-order valence-corrected chi connectivity index (χ3v) is 8.16. The minimum Gasteiger partial charge on any atom is -0.494 e. The lowest BCUT2D eigenvalue weighted by atomic mass is 10.1. The Bertz CT molecular complexity index is 1360. The van der Waals surface area contributed by atoms with Gasteiger partial charge in [-0.25, -0.2) is 8.42 Å². The van der Waals surface area contributed by atoms with Crippen molar-refractivity contribution in [3.05, 3.63) is 90.0 Å². The molecule has 0 spiro atoms. The van der Waals surface area contributed by atoms with Crippen molar-refractivity contribution in [3.8, 4) is 5.75 Å². The Kier molecular flexibility index (Phi) is 10.7. The van der Waals surface area contributed by atoms with Crippen LogP contribution in [0, 0.1) is 12.8 Å². The Balaban J connectivity index is 1.98. The van der Waals surface area contributed by atoms with Crippen molar-refractivity contribution in [2.45, 2.75) is 52.1 Å². The van der Waals surface area contributed by atoms with Crippen LogP contribution in [0.2, 0.25) is 0 Å². The molecule has 0 heterocycles. The number of benzene rings is 3. The molecule has 1 N–H and O–H groups in total. The third kappa shape index (κ3) is 8.08. The van der Waals surface area contributed by atoms with Gasteiger partial charge >= 0.3 is 0 Å². The summed E-state index contributed by atoms with van der Waals surface area (Å²) in [6, 6.07) is 21.6. The monoisotopic (exact) mass is 565 g/mol. The highest BCUT2D eigenvalue weighted by Crippen LogP contribution is 2.26. The Morgan fingerprint density at radius 3 is 2.10 bits per heavy atom.